The molecule has 0 fully saturated rings. The van der Waals surface area contributed by atoms with Crippen LogP contribution in [0, 0.1) is 12.7 Å². The van der Waals surface area contributed by atoms with Crippen LogP contribution in [-0.2, 0) is 6.42 Å². The standard InChI is InChI=1S/C15H24FNS/c1-4-8-18-11-15(17-5-2)10-13-9-14(16)7-6-12(13)3/h6-7,9,15,17H,4-5,8,10-11H2,1-3H3. The Labute approximate surface area is 115 Å². The molecule has 1 aromatic carbocycles. The molecule has 0 radical (unpaired) electrons. The van der Waals surface area contributed by atoms with Gasteiger partial charge < -0.3 is 5.32 Å². The van der Waals surface area contributed by atoms with Crippen molar-refractivity contribution >= 4 is 11.8 Å². The number of rotatable bonds is 8. The monoisotopic (exact) mass is 269 g/mol. The summed E-state index contributed by atoms with van der Waals surface area (Å²) in [6, 6.07) is 5.51. The van der Waals surface area contributed by atoms with E-state index in [1.807, 2.05) is 17.8 Å². The SMILES string of the molecule is CCCSCC(Cc1cc(F)ccc1C)NCC. The molecule has 0 saturated heterocycles. The summed E-state index contributed by atoms with van der Waals surface area (Å²) in [5, 5.41) is 3.49. The van der Waals surface area contributed by atoms with Gasteiger partial charge in [0, 0.05) is 11.8 Å². The fourth-order valence-electron chi connectivity index (χ4n) is 1.97. The Bertz CT molecular complexity index is 354. The van der Waals surface area contributed by atoms with Crippen LogP contribution < -0.4 is 5.32 Å². The summed E-state index contributed by atoms with van der Waals surface area (Å²) in [4.78, 5) is 0. The maximum Gasteiger partial charge on any atom is 0.123 e. The molecule has 0 saturated carbocycles. The van der Waals surface area contributed by atoms with Gasteiger partial charge in [0.1, 0.15) is 5.82 Å². The molecule has 1 rings (SSSR count). The van der Waals surface area contributed by atoms with Gasteiger partial charge in [0.25, 0.3) is 0 Å². The minimum absolute atomic E-state index is 0.132. The van der Waals surface area contributed by atoms with E-state index in [1.54, 1.807) is 6.07 Å². The first kappa shape index (κ1) is 15.5. The number of aryl methyl sites for hydroxylation is 1. The molecule has 0 aliphatic rings. The van der Waals surface area contributed by atoms with Gasteiger partial charge in [-0.3, -0.25) is 0 Å². The summed E-state index contributed by atoms with van der Waals surface area (Å²) in [6.07, 6.45) is 2.12. The van der Waals surface area contributed by atoms with Crippen molar-refractivity contribution in [2.24, 2.45) is 0 Å². The molecule has 0 aromatic heterocycles. The second-order valence-corrected chi connectivity index (χ2v) is 5.75. The molecule has 1 atom stereocenters. The third-order valence-electron chi connectivity index (χ3n) is 2.94. The molecule has 0 spiro atoms. The first-order valence-corrected chi connectivity index (χ1v) is 7.89. The van der Waals surface area contributed by atoms with Crippen LogP contribution in [-0.4, -0.2) is 24.1 Å². The zero-order chi connectivity index (χ0) is 13.4. The molecule has 0 aliphatic heterocycles. The van der Waals surface area contributed by atoms with E-state index >= 15 is 0 Å². The number of thioether (sulfide) groups is 1. The molecule has 0 heterocycles. The van der Waals surface area contributed by atoms with Crippen molar-refractivity contribution in [3.63, 3.8) is 0 Å². The van der Waals surface area contributed by atoms with E-state index in [0.717, 1.165) is 24.3 Å². The Morgan fingerprint density at radius 1 is 1.33 bits per heavy atom. The number of hydrogen-bond donors (Lipinski definition) is 1. The molecular weight excluding hydrogens is 245 g/mol. The van der Waals surface area contributed by atoms with Crippen molar-refractivity contribution in [3.05, 3.63) is 35.1 Å². The third-order valence-corrected chi connectivity index (χ3v) is 4.27. The normalized spacial score (nSPS) is 12.7. The molecule has 1 unspecified atom stereocenters. The minimum Gasteiger partial charge on any atom is -0.313 e. The van der Waals surface area contributed by atoms with Gasteiger partial charge in [-0.05, 0) is 55.3 Å². The van der Waals surface area contributed by atoms with E-state index in [0.29, 0.717) is 6.04 Å². The van der Waals surface area contributed by atoms with E-state index in [4.69, 9.17) is 0 Å². The molecular formula is C15H24FNS. The van der Waals surface area contributed by atoms with Crippen molar-refractivity contribution in [1.82, 2.24) is 5.32 Å². The van der Waals surface area contributed by atoms with Crippen LogP contribution in [0.4, 0.5) is 4.39 Å². The van der Waals surface area contributed by atoms with Crippen LogP contribution in [0.5, 0.6) is 0 Å². The van der Waals surface area contributed by atoms with Crippen molar-refractivity contribution in [1.29, 1.82) is 0 Å². The smallest absolute Gasteiger partial charge is 0.123 e. The van der Waals surface area contributed by atoms with Gasteiger partial charge in [-0.15, -0.1) is 0 Å². The van der Waals surface area contributed by atoms with Gasteiger partial charge in [-0.1, -0.05) is 19.9 Å². The van der Waals surface area contributed by atoms with Crippen molar-refractivity contribution in [2.75, 3.05) is 18.1 Å². The summed E-state index contributed by atoms with van der Waals surface area (Å²) in [6.45, 7) is 7.34. The van der Waals surface area contributed by atoms with Crippen LogP contribution in [0.25, 0.3) is 0 Å². The number of hydrogen-bond acceptors (Lipinski definition) is 2. The maximum atomic E-state index is 13.3. The molecule has 102 valence electrons. The van der Waals surface area contributed by atoms with Crippen LogP contribution in [0.3, 0.4) is 0 Å². The average Bonchev–Trinajstić information content (AvgIpc) is 2.34. The predicted octanol–water partition coefficient (Wildman–Crippen LogP) is 3.80. The van der Waals surface area contributed by atoms with E-state index in [1.165, 1.54) is 23.8 Å². The highest BCUT2D eigenvalue weighted by atomic mass is 32.2. The molecule has 3 heteroatoms. The highest BCUT2D eigenvalue weighted by Crippen LogP contribution is 2.15. The Balaban J connectivity index is 2.60. The predicted molar refractivity (Wildman–Crippen MR) is 79.9 cm³/mol. The zero-order valence-electron chi connectivity index (χ0n) is 11.6. The number of benzene rings is 1. The lowest BCUT2D eigenvalue weighted by Gasteiger charge is -2.18. The lowest BCUT2D eigenvalue weighted by atomic mass is 10.0. The second-order valence-electron chi connectivity index (χ2n) is 4.60. The summed E-state index contributed by atoms with van der Waals surface area (Å²) in [5.41, 5.74) is 2.30. The lowest BCUT2D eigenvalue weighted by molar-refractivity contribution is 0.567. The largest absolute Gasteiger partial charge is 0.313 e. The van der Waals surface area contributed by atoms with E-state index in [2.05, 4.69) is 26.1 Å². The topological polar surface area (TPSA) is 12.0 Å². The highest BCUT2D eigenvalue weighted by Gasteiger charge is 2.10. The van der Waals surface area contributed by atoms with Crippen molar-refractivity contribution in [3.8, 4) is 0 Å². The Morgan fingerprint density at radius 2 is 2.11 bits per heavy atom. The Hall–Kier alpha value is -0.540. The molecule has 0 amide bonds. The molecule has 18 heavy (non-hydrogen) atoms. The summed E-state index contributed by atoms with van der Waals surface area (Å²) < 4.78 is 13.3. The minimum atomic E-state index is -0.132. The van der Waals surface area contributed by atoms with Gasteiger partial charge in [0.05, 0.1) is 0 Å². The molecule has 1 N–H and O–H groups in total. The van der Waals surface area contributed by atoms with Gasteiger partial charge in [-0.25, -0.2) is 4.39 Å². The van der Waals surface area contributed by atoms with E-state index in [9.17, 15) is 4.39 Å². The average molecular weight is 269 g/mol. The van der Waals surface area contributed by atoms with Crippen molar-refractivity contribution in [2.45, 2.75) is 39.7 Å². The summed E-state index contributed by atoms with van der Waals surface area (Å²) >= 11 is 1.97. The fourth-order valence-corrected chi connectivity index (χ4v) is 2.95. The van der Waals surface area contributed by atoms with E-state index < -0.39 is 0 Å². The quantitative estimate of drug-likeness (QED) is 0.720. The van der Waals surface area contributed by atoms with Gasteiger partial charge >= 0.3 is 0 Å². The number of likely N-dealkylation sites (N-methyl/N-ethyl adjacent to an activating group) is 1. The van der Waals surface area contributed by atoms with Crippen LogP contribution in [0.1, 0.15) is 31.4 Å². The van der Waals surface area contributed by atoms with Gasteiger partial charge in [0.15, 0.2) is 0 Å². The second kappa shape index (κ2) is 8.54. The van der Waals surface area contributed by atoms with Crippen LogP contribution in [0.2, 0.25) is 0 Å². The van der Waals surface area contributed by atoms with Crippen molar-refractivity contribution < 1.29 is 4.39 Å². The Morgan fingerprint density at radius 3 is 2.78 bits per heavy atom. The Kier molecular flexibility index (Phi) is 7.36. The van der Waals surface area contributed by atoms with E-state index in [-0.39, 0.29) is 5.82 Å². The van der Waals surface area contributed by atoms with Crippen LogP contribution >= 0.6 is 11.8 Å². The summed E-state index contributed by atoms with van der Waals surface area (Å²) in [5.74, 6) is 2.16. The molecule has 1 aromatic rings. The zero-order valence-corrected chi connectivity index (χ0v) is 12.4. The third kappa shape index (κ3) is 5.40. The van der Waals surface area contributed by atoms with Gasteiger partial charge in [0.2, 0.25) is 0 Å². The molecule has 0 bridgehead atoms. The summed E-state index contributed by atoms with van der Waals surface area (Å²) in [7, 11) is 0. The van der Waals surface area contributed by atoms with Crippen LogP contribution in [0.15, 0.2) is 18.2 Å². The number of nitrogens with one attached hydrogen (secondary N) is 1. The van der Waals surface area contributed by atoms with Gasteiger partial charge in [-0.2, -0.15) is 11.8 Å². The molecule has 0 aliphatic carbocycles. The maximum absolute atomic E-state index is 13.3. The molecule has 1 nitrogen and oxygen atoms in total. The fraction of sp³-hybridized carbons (Fsp3) is 0.600. The first-order valence-electron chi connectivity index (χ1n) is 6.73. The first-order chi connectivity index (χ1) is 8.67. The lowest BCUT2D eigenvalue weighted by Crippen LogP contribution is -2.33. The number of halogens is 1. The highest BCUT2D eigenvalue weighted by molar-refractivity contribution is 7.99.